The minimum atomic E-state index is -0.778. The van der Waals surface area contributed by atoms with Crippen LogP contribution in [0.1, 0.15) is 18.5 Å². The number of nitro groups is 1. The zero-order valence-corrected chi connectivity index (χ0v) is 10.5. The van der Waals surface area contributed by atoms with Gasteiger partial charge >= 0.3 is 5.69 Å². The van der Waals surface area contributed by atoms with Crippen molar-refractivity contribution in [1.82, 2.24) is 15.3 Å². The maximum atomic E-state index is 11.6. The molecule has 0 bridgehead atoms. The molecule has 106 valence electrons. The Labute approximate surface area is 112 Å². The van der Waals surface area contributed by atoms with Crippen LogP contribution in [0.5, 0.6) is 0 Å². The van der Waals surface area contributed by atoms with Crippen molar-refractivity contribution < 1.29 is 14.5 Å². The second kappa shape index (κ2) is 5.07. The molecule has 1 aromatic heterocycles. The van der Waals surface area contributed by atoms with Crippen LogP contribution in [-0.4, -0.2) is 32.7 Å². The van der Waals surface area contributed by atoms with E-state index in [1.807, 2.05) is 0 Å². The molecule has 1 aliphatic rings. The van der Waals surface area contributed by atoms with E-state index >= 15 is 0 Å². The van der Waals surface area contributed by atoms with Crippen LogP contribution in [0.3, 0.4) is 0 Å². The Kier molecular flexibility index (Phi) is 3.46. The quantitative estimate of drug-likeness (QED) is 0.380. The van der Waals surface area contributed by atoms with E-state index in [1.165, 1.54) is 6.92 Å². The summed E-state index contributed by atoms with van der Waals surface area (Å²) >= 11 is 0. The van der Waals surface area contributed by atoms with E-state index in [2.05, 4.69) is 20.6 Å². The zero-order valence-electron chi connectivity index (χ0n) is 10.5. The molecule has 2 rings (SSSR count). The van der Waals surface area contributed by atoms with Crippen LogP contribution in [-0.2, 0) is 9.59 Å². The second-order valence-corrected chi connectivity index (χ2v) is 4.27. The number of nitrogens with one attached hydrogen (secondary N) is 2. The fourth-order valence-corrected chi connectivity index (χ4v) is 1.90. The van der Waals surface area contributed by atoms with Gasteiger partial charge in [-0.2, -0.15) is 4.98 Å². The zero-order chi connectivity index (χ0) is 14.9. The summed E-state index contributed by atoms with van der Waals surface area (Å²) in [6.45, 7) is 1.42. The van der Waals surface area contributed by atoms with E-state index in [-0.39, 0.29) is 41.9 Å². The highest BCUT2D eigenvalue weighted by Gasteiger charge is 2.30. The van der Waals surface area contributed by atoms with Crippen molar-refractivity contribution in [2.75, 3.05) is 11.1 Å². The van der Waals surface area contributed by atoms with Gasteiger partial charge in [-0.3, -0.25) is 25.0 Å². The number of anilines is 2. The first-order valence-electron chi connectivity index (χ1n) is 5.77. The van der Waals surface area contributed by atoms with Gasteiger partial charge in [0.15, 0.2) is 0 Å². The Bertz CT molecular complexity index is 602. The van der Waals surface area contributed by atoms with E-state index in [0.29, 0.717) is 0 Å². The minimum absolute atomic E-state index is 0.0947. The van der Waals surface area contributed by atoms with Gasteiger partial charge in [-0.15, -0.1) is 0 Å². The van der Waals surface area contributed by atoms with Crippen molar-refractivity contribution in [2.45, 2.75) is 25.8 Å². The summed E-state index contributed by atoms with van der Waals surface area (Å²) in [4.78, 5) is 40.5. The predicted octanol–water partition coefficient (Wildman–Crippen LogP) is -0.507. The number of piperidine rings is 1. The molecule has 1 atom stereocenters. The first-order chi connectivity index (χ1) is 9.38. The van der Waals surface area contributed by atoms with Crippen molar-refractivity contribution in [2.24, 2.45) is 0 Å². The van der Waals surface area contributed by atoms with Gasteiger partial charge in [-0.05, 0) is 13.3 Å². The Morgan fingerprint density at radius 3 is 2.75 bits per heavy atom. The molecule has 2 amide bonds. The summed E-state index contributed by atoms with van der Waals surface area (Å²) in [7, 11) is 0. The topological polar surface area (TPSA) is 153 Å². The van der Waals surface area contributed by atoms with Crippen molar-refractivity contribution in [3.05, 3.63) is 15.8 Å². The highest BCUT2D eigenvalue weighted by molar-refractivity contribution is 6.01. The molecule has 1 fully saturated rings. The number of carbonyl (C=O) groups excluding carboxylic acids is 2. The van der Waals surface area contributed by atoms with E-state index in [9.17, 15) is 19.7 Å². The molecule has 0 spiro atoms. The number of imide groups is 1. The third-order valence-corrected chi connectivity index (χ3v) is 2.81. The molecular weight excluding hydrogens is 268 g/mol. The van der Waals surface area contributed by atoms with Gasteiger partial charge in [0.25, 0.3) is 0 Å². The predicted molar refractivity (Wildman–Crippen MR) is 67.6 cm³/mol. The van der Waals surface area contributed by atoms with Gasteiger partial charge in [-0.25, -0.2) is 4.98 Å². The number of nitrogen functional groups attached to an aromatic ring is 1. The van der Waals surface area contributed by atoms with Crippen LogP contribution in [0.25, 0.3) is 0 Å². The monoisotopic (exact) mass is 280 g/mol. The molecule has 2 heterocycles. The highest BCUT2D eigenvalue weighted by atomic mass is 16.6. The Balaban J connectivity index is 2.31. The first-order valence-corrected chi connectivity index (χ1v) is 5.77. The van der Waals surface area contributed by atoms with Gasteiger partial charge in [0, 0.05) is 6.42 Å². The molecule has 10 nitrogen and oxygen atoms in total. The number of rotatable bonds is 3. The maximum Gasteiger partial charge on any atom is 0.332 e. The van der Waals surface area contributed by atoms with Crippen molar-refractivity contribution >= 4 is 29.3 Å². The van der Waals surface area contributed by atoms with E-state index in [4.69, 9.17) is 5.73 Å². The molecule has 1 saturated heterocycles. The number of aromatic nitrogens is 2. The first kappa shape index (κ1) is 13.6. The number of hydrogen-bond donors (Lipinski definition) is 3. The second-order valence-electron chi connectivity index (χ2n) is 4.27. The summed E-state index contributed by atoms with van der Waals surface area (Å²) in [5.74, 6) is -1.19. The van der Waals surface area contributed by atoms with Crippen LogP contribution >= 0.6 is 0 Å². The van der Waals surface area contributed by atoms with E-state index in [0.717, 1.165) is 0 Å². The lowest BCUT2D eigenvalue weighted by molar-refractivity contribution is -0.385. The SMILES string of the molecule is Cc1nc(N)nc(NC2CCC(=O)NC2=O)c1[N+](=O)[O-]. The number of carbonyl (C=O) groups is 2. The van der Waals surface area contributed by atoms with E-state index < -0.39 is 16.9 Å². The molecule has 20 heavy (non-hydrogen) atoms. The molecule has 0 aromatic carbocycles. The number of nitrogens with two attached hydrogens (primary N) is 1. The summed E-state index contributed by atoms with van der Waals surface area (Å²) in [5.41, 5.74) is 5.20. The molecule has 0 aliphatic carbocycles. The van der Waals surface area contributed by atoms with Gasteiger partial charge in [-0.1, -0.05) is 0 Å². The third-order valence-electron chi connectivity index (χ3n) is 2.81. The Morgan fingerprint density at radius 2 is 2.15 bits per heavy atom. The van der Waals surface area contributed by atoms with Crippen molar-refractivity contribution in [3.63, 3.8) is 0 Å². The number of hydrogen-bond acceptors (Lipinski definition) is 8. The van der Waals surface area contributed by atoms with Gasteiger partial charge in [0.2, 0.25) is 23.6 Å². The van der Waals surface area contributed by atoms with Gasteiger partial charge in [0.1, 0.15) is 11.7 Å². The molecule has 0 radical (unpaired) electrons. The van der Waals surface area contributed by atoms with Crippen LogP contribution in [0.15, 0.2) is 0 Å². The fourth-order valence-electron chi connectivity index (χ4n) is 1.90. The van der Waals surface area contributed by atoms with Crippen LogP contribution in [0.2, 0.25) is 0 Å². The van der Waals surface area contributed by atoms with Crippen molar-refractivity contribution in [3.8, 4) is 0 Å². The van der Waals surface area contributed by atoms with Crippen LogP contribution < -0.4 is 16.4 Å². The van der Waals surface area contributed by atoms with E-state index in [1.54, 1.807) is 0 Å². The number of nitrogens with zero attached hydrogens (tertiary/aromatic N) is 3. The third kappa shape index (κ3) is 2.63. The average Bonchev–Trinajstić information content (AvgIpc) is 2.31. The fraction of sp³-hybridized carbons (Fsp3) is 0.400. The maximum absolute atomic E-state index is 11.6. The highest BCUT2D eigenvalue weighted by Crippen LogP contribution is 2.27. The number of amides is 2. The van der Waals surface area contributed by atoms with Gasteiger partial charge in [0.05, 0.1) is 4.92 Å². The molecule has 0 saturated carbocycles. The molecular formula is C10H12N6O4. The lowest BCUT2D eigenvalue weighted by atomic mass is 10.1. The largest absolute Gasteiger partial charge is 0.368 e. The number of aryl methyl sites for hydroxylation is 1. The average molecular weight is 280 g/mol. The molecule has 10 heteroatoms. The summed E-state index contributed by atoms with van der Waals surface area (Å²) in [6, 6.07) is -0.778. The molecule has 1 unspecified atom stereocenters. The van der Waals surface area contributed by atoms with Crippen LogP contribution in [0.4, 0.5) is 17.5 Å². The molecule has 1 aromatic rings. The van der Waals surface area contributed by atoms with Crippen LogP contribution in [0, 0.1) is 17.0 Å². The Hall–Kier alpha value is -2.78. The summed E-state index contributed by atoms with van der Waals surface area (Å²) in [6.07, 6.45) is 0.377. The summed E-state index contributed by atoms with van der Waals surface area (Å²) < 4.78 is 0. The lowest BCUT2D eigenvalue weighted by Crippen LogP contribution is -2.47. The smallest absolute Gasteiger partial charge is 0.332 e. The standard InChI is InChI=1S/C10H12N6O4/c1-4-7(16(19)20)8(15-10(11)12-4)13-5-2-3-6(17)14-9(5)18/h5H,2-3H2,1H3,(H,14,17,18)(H3,11,12,13,15). The minimum Gasteiger partial charge on any atom is -0.368 e. The van der Waals surface area contributed by atoms with Gasteiger partial charge < -0.3 is 11.1 Å². The molecule has 1 aliphatic heterocycles. The summed E-state index contributed by atoms with van der Waals surface area (Å²) in [5, 5.41) is 15.8. The molecule has 4 N–H and O–H groups in total. The van der Waals surface area contributed by atoms with Crippen molar-refractivity contribution in [1.29, 1.82) is 0 Å². The Morgan fingerprint density at radius 1 is 1.45 bits per heavy atom. The normalized spacial score (nSPS) is 18.6. The lowest BCUT2D eigenvalue weighted by Gasteiger charge is -2.22.